The van der Waals surface area contributed by atoms with Crippen molar-refractivity contribution in [2.75, 3.05) is 0 Å². The average Bonchev–Trinajstić information content (AvgIpc) is 3.00. The molecule has 0 N–H and O–H groups in total. The minimum Gasteiger partial charge on any atom is -0.233 e. The largest absolute Gasteiger partial charge is 0.233 e. The standard InChI is InChI=1S/C14H12N4S/c1-11-15-12(10-19-11)6-4-5-9-18-16-13-7-2-3-8-14(13)17-18/h2-3,7-8,10H,5,9H2,1H3. The number of aromatic nitrogens is 4. The summed E-state index contributed by atoms with van der Waals surface area (Å²) in [6.45, 7) is 2.68. The minimum absolute atomic E-state index is 0.699. The predicted octanol–water partition coefficient (Wildman–Crippen LogP) is 2.64. The first-order valence-electron chi connectivity index (χ1n) is 6.02. The Morgan fingerprint density at radius 3 is 2.58 bits per heavy atom. The molecule has 0 atom stereocenters. The fourth-order valence-corrected chi connectivity index (χ4v) is 2.28. The molecule has 0 aliphatic heterocycles. The molecule has 94 valence electrons. The summed E-state index contributed by atoms with van der Waals surface area (Å²) in [5.41, 5.74) is 2.69. The summed E-state index contributed by atoms with van der Waals surface area (Å²) >= 11 is 1.62. The van der Waals surface area contributed by atoms with Gasteiger partial charge in [-0.1, -0.05) is 18.1 Å². The zero-order chi connectivity index (χ0) is 13.1. The van der Waals surface area contributed by atoms with Gasteiger partial charge in [0.1, 0.15) is 16.7 Å². The molecular weight excluding hydrogens is 256 g/mol. The van der Waals surface area contributed by atoms with E-state index in [9.17, 15) is 0 Å². The van der Waals surface area contributed by atoms with E-state index in [4.69, 9.17) is 0 Å². The zero-order valence-electron chi connectivity index (χ0n) is 10.5. The van der Waals surface area contributed by atoms with Crippen LogP contribution in [0.2, 0.25) is 0 Å². The highest BCUT2D eigenvalue weighted by Crippen LogP contribution is 2.07. The van der Waals surface area contributed by atoms with E-state index >= 15 is 0 Å². The Labute approximate surface area is 115 Å². The molecular formula is C14H12N4S. The van der Waals surface area contributed by atoms with Crippen LogP contribution >= 0.6 is 11.3 Å². The van der Waals surface area contributed by atoms with Gasteiger partial charge >= 0.3 is 0 Å². The quantitative estimate of drug-likeness (QED) is 0.671. The molecule has 0 aliphatic rings. The van der Waals surface area contributed by atoms with Gasteiger partial charge in [-0.15, -0.1) is 11.3 Å². The maximum Gasteiger partial charge on any atom is 0.124 e. The Hall–Kier alpha value is -2.19. The van der Waals surface area contributed by atoms with Crippen LogP contribution in [0.3, 0.4) is 0 Å². The van der Waals surface area contributed by atoms with Crippen LogP contribution in [0, 0.1) is 18.8 Å². The normalized spacial score (nSPS) is 10.4. The first kappa shape index (κ1) is 11.9. The molecule has 0 unspecified atom stereocenters. The van der Waals surface area contributed by atoms with Crippen LogP contribution in [0.1, 0.15) is 17.1 Å². The van der Waals surface area contributed by atoms with Crippen molar-refractivity contribution in [1.29, 1.82) is 0 Å². The van der Waals surface area contributed by atoms with Crippen LogP contribution in [0.5, 0.6) is 0 Å². The van der Waals surface area contributed by atoms with Crippen molar-refractivity contribution < 1.29 is 0 Å². The van der Waals surface area contributed by atoms with Gasteiger partial charge in [0.2, 0.25) is 0 Å². The monoisotopic (exact) mass is 268 g/mol. The lowest BCUT2D eigenvalue weighted by Crippen LogP contribution is -2.01. The van der Waals surface area contributed by atoms with Crippen molar-refractivity contribution in [2.24, 2.45) is 0 Å². The van der Waals surface area contributed by atoms with Gasteiger partial charge in [-0.25, -0.2) is 4.98 Å². The lowest BCUT2D eigenvalue weighted by Gasteiger charge is -1.91. The average molecular weight is 268 g/mol. The van der Waals surface area contributed by atoms with Crippen molar-refractivity contribution in [3.63, 3.8) is 0 Å². The van der Waals surface area contributed by atoms with Crippen LogP contribution in [-0.2, 0) is 6.54 Å². The van der Waals surface area contributed by atoms with Gasteiger partial charge in [0, 0.05) is 11.8 Å². The fourth-order valence-electron chi connectivity index (χ4n) is 1.73. The van der Waals surface area contributed by atoms with Gasteiger partial charge in [-0.3, -0.25) is 0 Å². The zero-order valence-corrected chi connectivity index (χ0v) is 11.3. The number of hydrogen-bond acceptors (Lipinski definition) is 4. The molecule has 0 amide bonds. The summed E-state index contributed by atoms with van der Waals surface area (Å²) in [5, 5.41) is 11.8. The third kappa shape index (κ3) is 2.80. The molecule has 4 nitrogen and oxygen atoms in total. The third-order valence-corrected chi connectivity index (χ3v) is 3.37. The number of fused-ring (bicyclic) bond motifs is 1. The number of benzene rings is 1. The molecule has 3 rings (SSSR count). The van der Waals surface area contributed by atoms with E-state index in [1.54, 1.807) is 16.1 Å². The Morgan fingerprint density at radius 2 is 1.95 bits per heavy atom. The number of nitrogens with zero attached hydrogens (tertiary/aromatic N) is 4. The lowest BCUT2D eigenvalue weighted by atomic mass is 10.3. The van der Waals surface area contributed by atoms with Gasteiger partial charge < -0.3 is 0 Å². The second-order valence-electron chi connectivity index (χ2n) is 4.09. The Morgan fingerprint density at radius 1 is 1.21 bits per heavy atom. The first-order chi connectivity index (χ1) is 9.31. The molecule has 0 spiro atoms. The smallest absolute Gasteiger partial charge is 0.124 e. The van der Waals surface area contributed by atoms with E-state index in [1.807, 2.05) is 36.6 Å². The summed E-state index contributed by atoms with van der Waals surface area (Å²) in [6.07, 6.45) is 0.720. The van der Waals surface area contributed by atoms with Crippen LogP contribution < -0.4 is 0 Å². The Kier molecular flexibility index (Phi) is 3.25. The summed E-state index contributed by atoms with van der Waals surface area (Å²) in [6, 6.07) is 7.85. The maximum absolute atomic E-state index is 4.39. The van der Waals surface area contributed by atoms with E-state index < -0.39 is 0 Å². The van der Waals surface area contributed by atoms with Gasteiger partial charge in [0.15, 0.2) is 0 Å². The Bertz CT molecular complexity index is 727. The molecule has 0 saturated carbocycles. The second-order valence-corrected chi connectivity index (χ2v) is 5.15. The second kappa shape index (κ2) is 5.21. The van der Waals surface area contributed by atoms with Crippen LogP contribution in [0.25, 0.3) is 11.0 Å². The van der Waals surface area contributed by atoms with Gasteiger partial charge in [-0.2, -0.15) is 15.0 Å². The molecule has 19 heavy (non-hydrogen) atoms. The molecule has 5 heteroatoms. The highest BCUT2D eigenvalue weighted by atomic mass is 32.1. The molecule has 3 aromatic rings. The van der Waals surface area contributed by atoms with Gasteiger partial charge in [-0.05, 0) is 25.0 Å². The van der Waals surface area contributed by atoms with Gasteiger partial charge in [0.25, 0.3) is 0 Å². The lowest BCUT2D eigenvalue weighted by molar-refractivity contribution is 0.555. The predicted molar refractivity (Wildman–Crippen MR) is 75.9 cm³/mol. The molecule has 0 fully saturated rings. The topological polar surface area (TPSA) is 43.6 Å². The minimum atomic E-state index is 0.699. The molecule has 2 heterocycles. The van der Waals surface area contributed by atoms with E-state index in [0.29, 0.717) is 6.54 Å². The van der Waals surface area contributed by atoms with Crippen LogP contribution in [0.15, 0.2) is 29.6 Å². The summed E-state index contributed by atoms with van der Waals surface area (Å²) < 4.78 is 0. The molecule has 0 aliphatic carbocycles. The van der Waals surface area contributed by atoms with Crippen LogP contribution in [0.4, 0.5) is 0 Å². The van der Waals surface area contributed by atoms with E-state index in [-0.39, 0.29) is 0 Å². The van der Waals surface area contributed by atoms with Crippen molar-refractivity contribution in [1.82, 2.24) is 20.0 Å². The number of thiazole rings is 1. The van der Waals surface area contributed by atoms with Crippen molar-refractivity contribution in [3.8, 4) is 11.8 Å². The molecule has 0 bridgehead atoms. The number of rotatable bonds is 2. The van der Waals surface area contributed by atoms with Gasteiger partial charge in [0.05, 0.1) is 11.6 Å². The summed E-state index contributed by atoms with van der Waals surface area (Å²) in [5.74, 6) is 6.15. The number of hydrogen-bond donors (Lipinski definition) is 0. The number of aryl methyl sites for hydroxylation is 2. The summed E-state index contributed by atoms with van der Waals surface area (Å²) in [4.78, 5) is 6.00. The highest BCUT2D eigenvalue weighted by Gasteiger charge is 1.99. The van der Waals surface area contributed by atoms with Crippen LogP contribution in [-0.4, -0.2) is 20.0 Å². The van der Waals surface area contributed by atoms with E-state index in [2.05, 4.69) is 27.0 Å². The van der Waals surface area contributed by atoms with E-state index in [1.165, 1.54) is 0 Å². The molecule has 1 aromatic carbocycles. The Balaban J connectivity index is 1.65. The van der Waals surface area contributed by atoms with Crippen molar-refractivity contribution in [3.05, 3.63) is 40.3 Å². The van der Waals surface area contributed by atoms with E-state index in [0.717, 1.165) is 28.2 Å². The van der Waals surface area contributed by atoms with Crippen molar-refractivity contribution >= 4 is 22.4 Å². The molecule has 0 radical (unpaired) electrons. The summed E-state index contributed by atoms with van der Waals surface area (Å²) in [7, 11) is 0. The third-order valence-electron chi connectivity index (χ3n) is 2.60. The fraction of sp³-hybridized carbons (Fsp3) is 0.214. The molecule has 0 saturated heterocycles. The SMILES string of the molecule is Cc1nc(C#CCCn2nc3ccccc3n2)cs1. The molecule has 2 aromatic heterocycles. The maximum atomic E-state index is 4.39. The first-order valence-corrected chi connectivity index (χ1v) is 6.90. The van der Waals surface area contributed by atoms with Crippen molar-refractivity contribution in [2.45, 2.75) is 19.9 Å². The highest BCUT2D eigenvalue weighted by molar-refractivity contribution is 7.09.